The van der Waals surface area contributed by atoms with E-state index in [1.807, 2.05) is 24.3 Å². The van der Waals surface area contributed by atoms with Crippen LogP contribution in [0.15, 0.2) is 48.5 Å². The summed E-state index contributed by atoms with van der Waals surface area (Å²) in [6.07, 6.45) is 2.46. The molecule has 0 spiro atoms. The first-order valence-corrected chi connectivity index (χ1v) is 8.45. The van der Waals surface area contributed by atoms with E-state index in [9.17, 15) is 0 Å². The molecule has 2 atom stereocenters. The summed E-state index contributed by atoms with van der Waals surface area (Å²) in [4.78, 5) is 2.44. The van der Waals surface area contributed by atoms with E-state index in [2.05, 4.69) is 36.2 Å². The van der Waals surface area contributed by atoms with E-state index < -0.39 is 0 Å². The van der Waals surface area contributed by atoms with Crippen molar-refractivity contribution in [3.63, 3.8) is 0 Å². The third kappa shape index (κ3) is 3.24. The van der Waals surface area contributed by atoms with Crippen LogP contribution in [0.3, 0.4) is 0 Å². The molecule has 0 bridgehead atoms. The van der Waals surface area contributed by atoms with Crippen molar-refractivity contribution in [2.24, 2.45) is 0 Å². The van der Waals surface area contributed by atoms with Crippen molar-refractivity contribution in [3.8, 4) is 11.5 Å². The summed E-state index contributed by atoms with van der Waals surface area (Å²) < 4.78 is 12.2. The van der Waals surface area contributed by atoms with Crippen molar-refractivity contribution >= 4 is 12.4 Å². The number of likely N-dealkylation sites (N-methyl/N-ethyl adjacent to an activating group) is 1. The summed E-state index contributed by atoms with van der Waals surface area (Å²) in [6.45, 7) is 2.55. The van der Waals surface area contributed by atoms with Crippen LogP contribution in [-0.4, -0.2) is 31.1 Å². The molecule has 0 aliphatic carbocycles. The Bertz CT molecular complexity index is 677. The van der Waals surface area contributed by atoms with Gasteiger partial charge >= 0.3 is 0 Å². The number of benzene rings is 2. The molecule has 2 aromatic carbocycles. The fourth-order valence-corrected chi connectivity index (χ4v) is 3.86. The topological polar surface area (TPSA) is 21.7 Å². The second-order valence-corrected chi connectivity index (χ2v) is 6.55. The molecule has 2 aromatic rings. The Morgan fingerprint density at radius 2 is 1.96 bits per heavy atom. The number of ether oxygens (including phenoxy) is 2. The van der Waals surface area contributed by atoms with Crippen molar-refractivity contribution in [1.29, 1.82) is 0 Å². The lowest BCUT2D eigenvalue weighted by atomic mass is 9.81. The number of rotatable bonds is 3. The van der Waals surface area contributed by atoms with Gasteiger partial charge in [-0.3, -0.25) is 4.90 Å². The zero-order chi connectivity index (χ0) is 15.6. The first-order chi connectivity index (χ1) is 11.3. The van der Waals surface area contributed by atoms with Gasteiger partial charge in [0.2, 0.25) is 0 Å². The van der Waals surface area contributed by atoms with E-state index in [-0.39, 0.29) is 12.4 Å². The predicted molar refractivity (Wildman–Crippen MR) is 98.4 cm³/mol. The van der Waals surface area contributed by atoms with Gasteiger partial charge in [0.15, 0.2) is 0 Å². The molecule has 3 nitrogen and oxygen atoms in total. The van der Waals surface area contributed by atoms with Crippen LogP contribution in [0, 0.1) is 0 Å². The fraction of sp³-hybridized carbons (Fsp3) is 0.400. The van der Waals surface area contributed by atoms with Crippen molar-refractivity contribution in [2.75, 3.05) is 20.2 Å². The number of nitrogens with zero attached hydrogens (tertiary/aromatic N) is 1. The summed E-state index contributed by atoms with van der Waals surface area (Å²) in [5.41, 5.74) is 2.46. The molecule has 24 heavy (non-hydrogen) atoms. The van der Waals surface area contributed by atoms with Crippen LogP contribution in [-0.2, 0) is 6.61 Å². The van der Waals surface area contributed by atoms with Crippen molar-refractivity contribution < 1.29 is 9.47 Å². The second-order valence-electron chi connectivity index (χ2n) is 6.55. The van der Waals surface area contributed by atoms with Crippen molar-refractivity contribution in [2.45, 2.75) is 31.4 Å². The third-order valence-electron chi connectivity index (χ3n) is 5.10. The third-order valence-corrected chi connectivity index (χ3v) is 5.10. The number of piperidine rings is 1. The van der Waals surface area contributed by atoms with Crippen LogP contribution in [0.4, 0.5) is 0 Å². The van der Waals surface area contributed by atoms with Gasteiger partial charge in [-0.15, -0.1) is 12.4 Å². The molecular formula is C20H24ClNO2. The van der Waals surface area contributed by atoms with Gasteiger partial charge in [-0.1, -0.05) is 36.4 Å². The first kappa shape index (κ1) is 17.1. The van der Waals surface area contributed by atoms with Gasteiger partial charge < -0.3 is 9.47 Å². The van der Waals surface area contributed by atoms with E-state index in [1.165, 1.54) is 24.0 Å². The maximum Gasteiger partial charge on any atom is 0.127 e. The Balaban J connectivity index is 0.00000169. The van der Waals surface area contributed by atoms with Crippen LogP contribution >= 0.6 is 12.4 Å². The molecule has 128 valence electrons. The largest absolute Gasteiger partial charge is 0.491 e. The quantitative estimate of drug-likeness (QED) is 0.829. The van der Waals surface area contributed by atoms with E-state index in [4.69, 9.17) is 9.47 Å². The Kier molecular flexibility index (Phi) is 5.32. The lowest BCUT2D eigenvalue weighted by molar-refractivity contribution is 0.0845. The highest BCUT2D eigenvalue weighted by molar-refractivity contribution is 5.85. The molecule has 0 aromatic heterocycles. The molecule has 0 unspecified atom stereocenters. The molecule has 4 rings (SSSR count). The summed E-state index contributed by atoms with van der Waals surface area (Å²) >= 11 is 0. The number of halogens is 1. The molecule has 4 heteroatoms. The first-order valence-electron chi connectivity index (χ1n) is 8.45. The van der Waals surface area contributed by atoms with Crippen molar-refractivity contribution in [1.82, 2.24) is 4.90 Å². The molecule has 0 amide bonds. The van der Waals surface area contributed by atoms with E-state index in [0.717, 1.165) is 24.7 Å². The Hall–Kier alpha value is -1.71. The molecule has 0 radical (unpaired) electrons. The summed E-state index contributed by atoms with van der Waals surface area (Å²) in [5, 5.41) is 0. The van der Waals surface area contributed by atoms with Crippen LogP contribution in [0.1, 0.15) is 29.9 Å². The number of hydrogen-bond donors (Lipinski definition) is 0. The van der Waals surface area contributed by atoms with Gasteiger partial charge in [-0.2, -0.15) is 0 Å². The lowest BCUT2D eigenvalue weighted by Crippen LogP contribution is -2.47. The fourth-order valence-electron chi connectivity index (χ4n) is 3.86. The van der Waals surface area contributed by atoms with E-state index >= 15 is 0 Å². The summed E-state index contributed by atoms with van der Waals surface area (Å²) in [5.74, 6) is 2.51. The molecule has 0 saturated carbocycles. The minimum absolute atomic E-state index is 0. The SMILES string of the molecule is CN1CCC[C@H]2c3c(OCc4ccccc4)cccc3OC[C@@H]21.Cl. The standard InChI is InChI=1S/C20H23NO2.ClH/c1-21-12-6-9-16-17(21)14-23-19-11-5-10-18(20(16)19)22-13-15-7-3-2-4-8-15;/h2-5,7-8,10-11,16-17H,6,9,12-14H2,1H3;1H/t16-,17+;/m1./s1. The molecular weight excluding hydrogens is 322 g/mol. The number of fused-ring (bicyclic) bond motifs is 3. The number of hydrogen-bond acceptors (Lipinski definition) is 3. The van der Waals surface area contributed by atoms with Crippen LogP contribution in [0.25, 0.3) is 0 Å². The van der Waals surface area contributed by atoms with Crippen LogP contribution < -0.4 is 9.47 Å². The normalized spacial score (nSPS) is 22.5. The highest BCUT2D eigenvalue weighted by atomic mass is 35.5. The molecule has 0 N–H and O–H groups in total. The zero-order valence-electron chi connectivity index (χ0n) is 14.0. The van der Waals surface area contributed by atoms with Crippen LogP contribution in [0.2, 0.25) is 0 Å². The van der Waals surface area contributed by atoms with Gasteiger partial charge in [0, 0.05) is 11.5 Å². The smallest absolute Gasteiger partial charge is 0.127 e. The van der Waals surface area contributed by atoms with E-state index in [1.54, 1.807) is 0 Å². The van der Waals surface area contributed by atoms with Crippen LogP contribution in [0.5, 0.6) is 11.5 Å². The predicted octanol–water partition coefficient (Wildman–Crippen LogP) is 4.26. The number of likely N-dealkylation sites (tertiary alicyclic amines) is 1. The van der Waals surface area contributed by atoms with Crippen molar-refractivity contribution in [3.05, 3.63) is 59.7 Å². The monoisotopic (exact) mass is 345 g/mol. The minimum atomic E-state index is 0. The van der Waals surface area contributed by atoms with Gasteiger partial charge in [-0.05, 0) is 44.1 Å². The molecule has 1 fully saturated rings. The average Bonchev–Trinajstić information content (AvgIpc) is 2.61. The highest BCUT2D eigenvalue weighted by Crippen LogP contribution is 2.45. The zero-order valence-corrected chi connectivity index (χ0v) is 14.8. The molecule has 1 saturated heterocycles. The maximum absolute atomic E-state index is 6.18. The second kappa shape index (κ2) is 7.45. The summed E-state index contributed by atoms with van der Waals surface area (Å²) in [6, 6.07) is 17.0. The lowest BCUT2D eigenvalue weighted by Gasteiger charge is -2.43. The molecule has 2 aliphatic heterocycles. The summed E-state index contributed by atoms with van der Waals surface area (Å²) in [7, 11) is 2.21. The minimum Gasteiger partial charge on any atom is -0.491 e. The Labute approximate surface area is 150 Å². The molecule has 2 aliphatic rings. The van der Waals surface area contributed by atoms with Gasteiger partial charge in [0.25, 0.3) is 0 Å². The maximum atomic E-state index is 6.18. The van der Waals surface area contributed by atoms with Gasteiger partial charge in [0.05, 0.1) is 6.04 Å². The van der Waals surface area contributed by atoms with Gasteiger partial charge in [0.1, 0.15) is 24.7 Å². The Morgan fingerprint density at radius 3 is 2.79 bits per heavy atom. The van der Waals surface area contributed by atoms with E-state index in [0.29, 0.717) is 18.6 Å². The average molecular weight is 346 g/mol. The highest BCUT2D eigenvalue weighted by Gasteiger charge is 2.37. The Morgan fingerprint density at radius 1 is 1.12 bits per heavy atom. The van der Waals surface area contributed by atoms with Gasteiger partial charge in [-0.25, -0.2) is 0 Å². The molecule has 2 heterocycles.